The van der Waals surface area contributed by atoms with Crippen LogP contribution >= 0.6 is 0 Å². The third-order valence-corrected chi connectivity index (χ3v) is 5.18. The summed E-state index contributed by atoms with van der Waals surface area (Å²) in [5.41, 5.74) is 2.29. The molecule has 1 aromatic heterocycles. The van der Waals surface area contributed by atoms with Gasteiger partial charge in [-0.1, -0.05) is 30.2 Å². The summed E-state index contributed by atoms with van der Waals surface area (Å²) in [4.78, 5) is 14.8. The van der Waals surface area contributed by atoms with Gasteiger partial charge in [-0.2, -0.15) is 0 Å². The zero-order valence-corrected chi connectivity index (χ0v) is 15.1. The second-order valence-corrected chi connectivity index (χ2v) is 6.85. The third-order valence-electron chi connectivity index (χ3n) is 5.18. The van der Waals surface area contributed by atoms with E-state index in [9.17, 15) is 4.79 Å². The molecule has 2 aliphatic heterocycles. The number of carbonyl (C=O) groups is 1. The van der Waals surface area contributed by atoms with Gasteiger partial charge in [-0.15, -0.1) is 5.10 Å². The average Bonchev–Trinajstić information content (AvgIpc) is 2.92. The fourth-order valence-electron chi connectivity index (χ4n) is 3.62. The largest absolute Gasteiger partial charge is 0.497 e. The molecule has 1 aromatic carbocycles. The maximum atomic E-state index is 12.8. The van der Waals surface area contributed by atoms with Crippen molar-refractivity contribution in [2.24, 2.45) is 0 Å². The number of methoxy groups -OCH3 is 1. The standard InChI is InChI=1S/C19H24N4O3/c1-25-15-8-6-14(7-9-15)17-12-23-16(13-26-17)18(20-21-23)19(24)22-10-4-2-3-5-11-22/h6-9,17H,2-5,10-13H2,1H3/t17-/m1/s1. The lowest BCUT2D eigenvalue weighted by atomic mass is 10.1. The number of nitrogens with zero attached hydrogens (tertiary/aromatic N) is 4. The molecule has 0 spiro atoms. The Bertz CT molecular complexity index is 764. The number of carbonyl (C=O) groups excluding carboxylic acids is 1. The fourth-order valence-corrected chi connectivity index (χ4v) is 3.62. The molecule has 0 unspecified atom stereocenters. The van der Waals surface area contributed by atoms with Crippen LogP contribution in [0.15, 0.2) is 24.3 Å². The van der Waals surface area contributed by atoms with Gasteiger partial charge >= 0.3 is 0 Å². The molecule has 1 saturated heterocycles. The number of rotatable bonds is 3. The molecule has 4 rings (SSSR count). The topological polar surface area (TPSA) is 69.5 Å². The van der Waals surface area contributed by atoms with Gasteiger partial charge in [0.2, 0.25) is 0 Å². The first-order valence-corrected chi connectivity index (χ1v) is 9.23. The van der Waals surface area contributed by atoms with Crippen LogP contribution in [0.4, 0.5) is 0 Å². The number of fused-ring (bicyclic) bond motifs is 1. The van der Waals surface area contributed by atoms with Crippen LogP contribution in [0.2, 0.25) is 0 Å². The summed E-state index contributed by atoms with van der Waals surface area (Å²) in [5.74, 6) is 0.802. The summed E-state index contributed by atoms with van der Waals surface area (Å²) < 4.78 is 13.0. The van der Waals surface area contributed by atoms with E-state index in [2.05, 4.69) is 10.3 Å². The molecule has 3 heterocycles. The first-order valence-electron chi connectivity index (χ1n) is 9.23. The number of ether oxygens (including phenoxy) is 2. The zero-order chi connectivity index (χ0) is 17.9. The molecule has 7 heteroatoms. The molecule has 7 nitrogen and oxygen atoms in total. The molecule has 1 fully saturated rings. The Morgan fingerprint density at radius 2 is 1.88 bits per heavy atom. The van der Waals surface area contributed by atoms with E-state index in [0.717, 1.165) is 42.9 Å². The van der Waals surface area contributed by atoms with E-state index in [0.29, 0.717) is 18.8 Å². The molecule has 2 aliphatic rings. The van der Waals surface area contributed by atoms with Crippen LogP contribution in [0, 0.1) is 0 Å². The van der Waals surface area contributed by atoms with Crippen LogP contribution in [0.25, 0.3) is 0 Å². The summed E-state index contributed by atoms with van der Waals surface area (Å²) in [7, 11) is 1.65. The zero-order valence-electron chi connectivity index (χ0n) is 15.1. The highest BCUT2D eigenvalue weighted by Crippen LogP contribution is 2.28. The van der Waals surface area contributed by atoms with Gasteiger partial charge in [-0.25, -0.2) is 4.68 Å². The van der Waals surface area contributed by atoms with Crippen molar-refractivity contribution in [3.8, 4) is 5.75 Å². The molecule has 1 amide bonds. The van der Waals surface area contributed by atoms with Crippen LogP contribution in [-0.4, -0.2) is 46.0 Å². The number of aromatic nitrogens is 3. The van der Waals surface area contributed by atoms with E-state index >= 15 is 0 Å². The molecule has 138 valence electrons. The van der Waals surface area contributed by atoms with Crippen molar-refractivity contribution < 1.29 is 14.3 Å². The van der Waals surface area contributed by atoms with Crippen LogP contribution in [0.1, 0.15) is 53.5 Å². The van der Waals surface area contributed by atoms with Gasteiger partial charge in [0.05, 0.1) is 26.0 Å². The van der Waals surface area contributed by atoms with Gasteiger partial charge in [0.15, 0.2) is 5.69 Å². The number of hydrogen-bond donors (Lipinski definition) is 0. The Morgan fingerprint density at radius 1 is 1.15 bits per heavy atom. The smallest absolute Gasteiger partial charge is 0.276 e. The van der Waals surface area contributed by atoms with Gasteiger partial charge in [0.25, 0.3) is 5.91 Å². The summed E-state index contributed by atoms with van der Waals surface area (Å²) in [5, 5.41) is 8.40. The molecule has 0 radical (unpaired) electrons. The second kappa shape index (κ2) is 7.45. The molecule has 1 atom stereocenters. The number of likely N-dealkylation sites (tertiary alicyclic amines) is 1. The van der Waals surface area contributed by atoms with Crippen molar-refractivity contribution in [1.29, 1.82) is 0 Å². The molecule has 0 bridgehead atoms. The monoisotopic (exact) mass is 356 g/mol. The van der Waals surface area contributed by atoms with E-state index < -0.39 is 0 Å². The van der Waals surface area contributed by atoms with Crippen molar-refractivity contribution in [3.05, 3.63) is 41.2 Å². The minimum atomic E-state index is -0.101. The fraction of sp³-hybridized carbons (Fsp3) is 0.526. The highest BCUT2D eigenvalue weighted by Gasteiger charge is 2.30. The molecular weight excluding hydrogens is 332 g/mol. The van der Waals surface area contributed by atoms with Gasteiger partial charge < -0.3 is 14.4 Å². The summed E-state index contributed by atoms with van der Waals surface area (Å²) in [6, 6.07) is 7.83. The van der Waals surface area contributed by atoms with E-state index in [1.54, 1.807) is 7.11 Å². The first kappa shape index (κ1) is 17.0. The van der Waals surface area contributed by atoms with E-state index in [4.69, 9.17) is 9.47 Å². The Labute approximate surface area is 152 Å². The van der Waals surface area contributed by atoms with Crippen molar-refractivity contribution in [2.75, 3.05) is 20.2 Å². The maximum Gasteiger partial charge on any atom is 0.276 e. The lowest BCUT2D eigenvalue weighted by Gasteiger charge is -2.25. The van der Waals surface area contributed by atoms with Gasteiger partial charge in [-0.3, -0.25) is 4.79 Å². The normalized spacial score (nSPS) is 20.3. The quantitative estimate of drug-likeness (QED) is 0.845. The van der Waals surface area contributed by atoms with Crippen molar-refractivity contribution in [3.63, 3.8) is 0 Å². The van der Waals surface area contributed by atoms with Crippen molar-refractivity contribution in [1.82, 2.24) is 19.9 Å². The van der Waals surface area contributed by atoms with Crippen LogP contribution in [0.5, 0.6) is 5.75 Å². The Hall–Kier alpha value is -2.41. The highest BCUT2D eigenvalue weighted by molar-refractivity contribution is 5.93. The van der Waals surface area contributed by atoms with Crippen LogP contribution in [0.3, 0.4) is 0 Å². The minimum absolute atomic E-state index is 0.0142. The van der Waals surface area contributed by atoms with Crippen molar-refractivity contribution >= 4 is 5.91 Å². The number of amides is 1. The number of hydrogen-bond acceptors (Lipinski definition) is 5. The Morgan fingerprint density at radius 3 is 2.58 bits per heavy atom. The predicted octanol–water partition coefficient (Wildman–Crippen LogP) is 2.57. The lowest BCUT2D eigenvalue weighted by molar-refractivity contribution is -0.00196. The molecule has 0 saturated carbocycles. The molecular formula is C19H24N4O3. The molecule has 0 N–H and O–H groups in total. The summed E-state index contributed by atoms with van der Waals surface area (Å²) in [6.45, 7) is 2.52. The third kappa shape index (κ3) is 3.31. The van der Waals surface area contributed by atoms with Gasteiger partial charge in [0.1, 0.15) is 11.9 Å². The Balaban J connectivity index is 1.50. The van der Waals surface area contributed by atoms with Gasteiger partial charge in [0, 0.05) is 13.1 Å². The second-order valence-electron chi connectivity index (χ2n) is 6.85. The lowest BCUT2D eigenvalue weighted by Crippen LogP contribution is -2.33. The van der Waals surface area contributed by atoms with E-state index in [1.165, 1.54) is 12.8 Å². The molecule has 26 heavy (non-hydrogen) atoms. The van der Waals surface area contributed by atoms with Crippen molar-refractivity contribution in [2.45, 2.75) is 44.9 Å². The predicted molar refractivity (Wildman–Crippen MR) is 94.9 cm³/mol. The first-order chi connectivity index (χ1) is 12.8. The van der Waals surface area contributed by atoms with Crippen LogP contribution in [-0.2, 0) is 17.9 Å². The minimum Gasteiger partial charge on any atom is -0.497 e. The molecule has 2 aromatic rings. The van der Waals surface area contributed by atoms with Gasteiger partial charge in [-0.05, 0) is 30.5 Å². The van der Waals surface area contributed by atoms with E-state index in [1.807, 2.05) is 33.8 Å². The summed E-state index contributed by atoms with van der Waals surface area (Å²) >= 11 is 0. The molecule has 0 aliphatic carbocycles. The van der Waals surface area contributed by atoms with Crippen LogP contribution < -0.4 is 4.74 Å². The average molecular weight is 356 g/mol. The maximum absolute atomic E-state index is 12.8. The summed E-state index contributed by atoms with van der Waals surface area (Å²) in [6.07, 6.45) is 4.40. The number of benzene rings is 1. The van der Waals surface area contributed by atoms with E-state index in [-0.39, 0.29) is 12.0 Å². The SMILES string of the molecule is COc1ccc([C@H]2Cn3nnc(C(=O)N4CCCCCC4)c3CO2)cc1. The Kier molecular flexibility index (Phi) is 4.88. The highest BCUT2D eigenvalue weighted by atomic mass is 16.5.